The summed E-state index contributed by atoms with van der Waals surface area (Å²) >= 11 is 0. The Labute approximate surface area is 214 Å². The fourth-order valence-electron chi connectivity index (χ4n) is 4.12. The molecule has 0 radical (unpaired) electrons. The SMILES string of the molecule is CNS(=O)(=O)c1ccc(CC(=O)N(C)[C@H](CN2CCCC2)c2ccccc2)c(S(=O)(=O)NC)c1.Cl. The number of benzene rings is 2. The maximum Gasteiger partial charge on any atom is 0.240 e. The third kappa shape index (κ3) is 7.02. The smallest absolute Gasteiger partial charge is 0.240 e. The van der Waals surface area contributed by atoms with Crippen LogP contribution in [0.3, 0.4) is 0 Å². The highest BCUT2D eigenvalue weighted by Crippen LogP contribution is 2.26. The minimum atomic E-state index is -4.00. The minimum Gasteiger partial charge on any atom is -0.337 e. The number of hydrogen-bond acceptors (Lipinski definition) is 6. The largest absolute Gasteiger partial charge is 0.337 e. The summed E-state index contributed by atoms with van der Waals surface area (Å²) in [7, 11) is -3.64. The predicted molar refractivity (Wildman–Crippen MR) is 138 cm³/mol. The van der Waals surface area contributed by atoms with E-state index in [4.69, 9.17) is 0 Å². The van der Waals surface area contributed by atoms with Crippen LogP contribution < -0.4 is 9.44 Å². The van der Waals surface area contributed by atoms with Gasteiger partial charge in [0.2, 0.25) is 26.0 Å². The molecule has 2 aromatic rings. The lowest BCUT2D eigenvalue weighted by atomic mass is 10.0. The van der Waals surface area contributed by atoms with Crippen molar-refractivity contribution in [2.24, 2.45) is 0 Å². The van der Waals surface area contributed by atoms with Gasteiger partial charge in [0.15, 0.2) is 0 Å². The van der Waals surface area contributed by atoms with Gasteiger partial charge in [-0.25, -0.2) is 26.3 Å². The Bertz CT molecular complexity index is 1220. The van der Waals surface area contributed by atoms with Crippen molar-refractivity contribution in [3.63, 3.8) is 0 Å². The molecule has 194 valence electrons. The van der Waals surface area contributed by atoms with Crippen LogP contribution in [-0.4, -0.2) is 73.3 Å². The Hall–Kier alpha value is -2.02. The molecular formula is C23H33ClN4O5S2. The zero-order chi connectivity index (χ0) is 24.9. The van der Waals surface area contributed by atoms with Gasteiger partial charge in [-0.1, -0.05) is 36.4 Å². The van der Waals surface area contributed by atoms with E-state index >= 15 is 0 Å². The van der Waals surface area contributed by atoms with Gasteiger partial charge in [-0.2, -0.15) is 0 Å². The number of rotatable bonds is 10. The molecular weight excluding hydrogens is 512 g/mol. The Morgan fingerprint density at radius 1 is 0.971 bits per heavy atom. The van der Waals surface area contributed by atoms with Gasteiger partial charge in [0, 0.05) is 13.6 Å². The molecule has 0 spiro atoms. The van der Waals surface area contributed by atoms with Crippen LogP contribution in [0.4, 0.5) is 0 Å². The molecule has 9 nitrogen and oxygen atoms in total. The molecule has 2 aromatic carbocycles. The van der Waals surface area contributed by atoms with Gasteiger partial charge in [0.05, 0.1) is 22.3 Å². The van der Waals surface area contributed by atoms with Crippen molar-refractivity contribution in [2.45, 2.75) is 35.1 Å². The van der Waals surface area contributed by atoms with E-state index in [1.807, 2.05) is 30.3 Å². The second-order valence-electron chi connectivity index (χ2n) is 8.30. The van der Waals surface area contributed by atoms with Crippen molar-refractivity contribution >= 4 is 38.4 Å². The number of carbonyl (C=O) groups excluding carboxylic acids is 1. The monoisotopic (exact) mass is 544 g/mol. The zero-order valence-corrected chi connectivity index (χ0v) is 22.5. The molecule has 0 aliphatic carbocycles. The number of halogens is 1. The molecule has 1 heterocycles. The van der Waals surface area contributed by atoms with Crippen molar-refractivity contribution in [2.75, 3.05) is 40.8 Å². The van der Waals surface area contributed by atoms with Crippen molar-refractivity contribution in [3.05, 3.63) is 59.7 Å². The molecule has 1 fully saturated rings. The molecule has 1 aliphatic heterocycles. The van der Waals surface area contributed by atoms with Gasteiger partial charge in [-0.15, -0.1) is 12.4 Å². The van der Waals surface area contributed by atoms with Crippen LogP contribution >= 0.6 is 12.4 Å². The average molecular weight is 545 g/mol. The van der Waals surface area contributed by atoms with E-state index in [0.29, 0.717) is 6.54 Å². The number of carbonyl (C=O) groups is 1. The van der Waals surface area contributed by atoms with E-state index in [-0.39, 0.29) is 46.1 Å². The van der Waals surface area contributed by atoms with Gasteiger partial charge < -0.3 is 9.80 Å². The van der Waals surface area contributed by atoms with Crippen molar-refractivity contribution < 1.29 is 21.6 Å². The average Bonchev–Trinajstić information content (AvgIpc) is 3.36. The molecule has 12 heteroatoms. The molecule has 0 saturated carbocycles. The molecule has 35 heavy (non-hydrogen) atoms. The van der Waals surface area contributed by atoms with E-state index in [1.165, 1.54) is 26.2 Å². The van der Waals surface area contributed by atoms with Crippen LogP contribution in [-0.2, 0) is 31.3 Å². The second kappa shape index (κ2) is 12.3. The molecule has 2 N–H and O–H groups in total. The second-order valence-corrected chi connectivity index (χ2v) is 12.0. The van der Waals surface area contributed by atoms with Crippen LogP contribution in [0.25, 0.3) is 0 Å². The third-order valence-electron chi connectivity index (χ3n) is 6.19. The van der Waals surface area contributed by atoms with Gasteiger partial charge in [-0.05, 0) is 63.3 Å². The molecule has 1 saturated heterocycles. The van der Waals surface area contributed by atoms with Crippen LogP contribution in [0, 0.1) is 0 Å². The molecule has 3 rings (SSSR count). The van der Waals surface area contributed by atoms with Gasteiger partial charge in [0.1, 0.15) is 0 Å². The molecule has 0 bridgehead atoms. The van der Waals surface area contributed by atoms with Crippen LogP contribution in [0.1, 0.15) is 30.0 Å². The zero-order valence-electron chi connectivity index (χ0n) is 20.1. The summed E-state index contributed by atoms with van der Waals surface area (Å²) in [5.41, 5.74) is 1.23. The maximum absolute atomic E-state index is 13.4. The predicted octanol–water partition coefficient (Wildman–Crippen LogP) is 1.76. The van der Waals surface area contributed by atoms with Crippen molar-refractivity contribution in [3.8, 4) is 0 Å². The summed E-state index contributed by atoms with van der Waals surface area (Å²) in [6, 6.07) is 13.3. The van der Waals surface area contributed by atoms with Gasteiger partial charge in [0.25, 0.3) is 0 Å². The molecule has 1 amide bonds. The number of likely N-dealkylation sites (N-methyl/N-ethyl adjacent to an activating group) is 1. The number of nitrogens with one attached hydrogen (secondary N) is 2. The fourth-order valence-corrected chi connectivity index (χ4v) is 5.94. The first kappa shape index (κ1) is 29.2. The van der Waals surface area contributed by atoms with E-state index in [0.717, 1.165) is 37.6 Å². The standard InChI is InChI=1S/C23H32N4O5S2.ClH/c1-24-33(29,30)20-12-11-19(22(16-20)34(31,32)25-2)15-23(28)26(3)21(17-27-13-7-8-14-27)18-9-5-4-6-10-18;/h4-6,9-12,16,21,24-25H,7-8,13-15,17H2,1-3H3;1H/t21-;/m1./s1. The first-order chi connectivity index (χ1) is 16.1. The highest BCUT2D eigenvalue weighted by Gasteiger charge is 2.28. The lowest BCUT2D eigenvalue weighted by Crippen LogP contribution is -2.39. The number of sulfonamides is 2. The van der Waals surface area contributed by atoms with E-state index in [1.54, 1.807) is 11.9 Å². The number of amides is 1. The quantitative estimate of drug-likeness (QED) is 0.471. The number of nitrogens with zero attached hydrogens (tertiary/aromatic N) is 2. The van der Waals surface area contributed by atoms with Crippen LogP contribution in [0.15, 0.2) is 58.3 Å². The highest BCUT2D eigenvalue weighted by atomic mass is 35.5. The summed E-state index contributed by atoms with van der Waals surface area (Å²) in [6.45, 7) is 2.65. The first-order valence-corrected chi connectivity index (χ1v) is 14.1. The number of hydrogen-bond donors (Lipinski definition) is 2. The first-order valence-electron chi connectivity index (χ1n) is 11.1. The normalized spacial score (nSPS) is 15.4. The van der Waals surface area contributed by atoms with Gasteiger partial charge in [-0.3, -0.25) is 4.79 Å². The Kier molecular flexibility index (Phi) is 10.3. The number of likely N-dealkylation sites (tertiary alicyclic amines) is 1. The van der Waals surface area contributed by atoms with E-state index < -0.39 is 20.0 Å². The molecule has 0 aromatic heterocycles. The topological polar surface area (TPSA) is 116 Å². The summed E-state index contributed by atoms with van der Waals surface area (Å²) < 4.78 is 54.2. The van der Waals surface area contributed by atoms with Crippen LogP contribution in [0.2, 0.25) is 0 Å². The Balaban J connectivity index is 0.00000432. The Morgan fingerprint density at radius 3 is 2.14 bits per heavy atom. The van der Waals surface area contributed by atoms with Crippen molar-refractivity contribution in [1.82, 2.24) is 19.2 Å². The highest BCUT2D eigenvalue weighted by molar-refractivity contribution is 7.90. The fraction of sp³-hybridized carbons (Fsp3) is 0.435. The Morgan fingerprint density at radius 2 is 1.57 bits per heavy atom. The molecule has 1 atom stereocenters. The molecule has 1 aliphatic rings. The summed E-state index contributed by atoms with van der Waals surface area (Å²) in [5.74, 6) is -0.259. The molecule has 0 unspecified atom stereocenters. The van der Waals surface area contributed by atoms with Gasteiger partial charge >= 0.3 is 0 Å². The summed E-state index contributed by atoms with van der Waals surface area (Å²) in [5, 5.41) is 0. The van der Waals surface area contributed by atoms with E-state index in [9.17, 15) is 21.6 Å². The van der Waals surface area contributed by atoms with E-state index in [2.05, 4.69) is 14.3 Å². The third-order valence-corrected chi connectivity index (χ3v) is 9.10. The lowest BCUT2D eigenvalue weighted by molar-refractivity contribution is -0.131. The minimum absolute atomic E-state index is 0. The lowest BCUT2D eigenvalue weighted by Gasteiger charge is -2.32. The summed E-state index contributed by atoms with van der Waals surface area (Å²) in [6.07, 6.45) is 2.08. The van der Waals surface area contributed by atoms with Crippen molar-refractivity contribution in [1.29, 1.82) is 0 Å². The van der Waals surface area contributed by atoms with Crippen LogP contribution in [0.5, 0.6) is 0 Å². The summed E-state index contributed by atoms with van der Waals surface area (Å²) in [4.78, 5) is 16.9. The maximum atomic E-state index is 13.4.